The summed E-state index contributed by atoms with van der Waals surface area (Å²) in [5.74, 6) is 2.34. The van der Waals surface area contributed by atoms with Crippen LogP contribution in [0.1, 0.15) is 42.6 Å². The summed E-state index contributed by atoms with van der Waals surface area (Å²) in [6.45, 7) is 2.10. The van der Waals surface area contributed by atoms with E-state index in [0.29, 0.717) is 5.92 Å². The van der Waals surface area contributed by atoms with Crippen LogP contribution in [0.3, 0.4) is 0 Å². The van der Waals surface area contributed by atoms with E-state index in [2.05, 4.69) is 21.4 Å². The minimum absolute atomic E-state index is 0.565. The first-order valence-corrected chi connectivity index (χ1v) is 5.47. The largest absolute Gasteiger partial charge is 0.315 e. The second kappa shape index (κ2) is 3.31. The molecule has 0 atom stereocenters. The molecule has 0 unspecified atom stereocenters. The van der Waals surface area contributed by atoms with Crippen molar-refractivity contribution in [1.29, 1.82) is 0 Å². The summed E-state index contributed by atoms with van der Waals surface area (Å²) < 4.78 is 0. The van der Waals surface area contributed by atoms with Gasteiger partial charge < -0.3 is 5.32 Å². The molecule has 0 amide bonds. The minimum atomic E-state index is 0.565. The number of nitrogens with one attached hydrogen (secondary N) is 1. The van der Waals surface area contributed by atoms with Gasteiger partial charge >= 0.3 is 0 Å². The summed E-state index contributed by atoms with van der Waals surface area (Å²) in [6, 6.07) is 2.08. The molecule has 2 heterocycles. The number of hydrogen-bond acceptors (Lipinski definition) is 3. The quantitative estimate of drug-likeness (QED) is 0.764. The van der Waals surface area contributed by atoms with E-state index in [0.717, 1.165) is 24.8 Å². The molecule has 0 bridgehead atoms. The van der Waals surface area contributed by atoms with Gasteiger partial charge in [-0.05, 0) is 18.9 Å². The molecule has 1 aliphatic heterocycles. The Morgan fingerprint density at radius 1 is 1.21 bits per heavy atom. The zero-order valence-electron chi connectivity index (χ0n) is 8.24. The van der Waals surface area contributed by atoms with E-state index in [-0.39, 0.29) is 0 Å². The Morgan fingerprint density at radius 2 is 2.07 bits per heavy atom. The zero-order valence-corrected chi connectivity index (χ0v) is 8.24. The number of rotatable bonds is 2. The maximum Gasteiger partial charge on any atom is 0.134 e. The Morgan fingerprint density at radius 3 is 2.64 bits per heavy atom. The van der Waals surface area contributed by atoms with Crippen molar-refractivity contribution in [2.45, 2.75) is 31.1 Å². The number of hydrogen-bond donors (Lipinski definition) is 1. The highest BCUT2D eigenvalue weighted by atomic mass is 15.0. The second-order valence-electron chi connectivity index (χ2n) is 4.32. The fourth-order valence-corrected chi connectivity index (χ4v) is 1.99. The number of nitrogens with zero attached hydrogens (tertiary/aromatic N) is 2. The van der Waals surface area contributed by atoms with Crippen molar-refractivity contribution in [1.82, 2.24) is 15.3 Å². The zero-order chi connectivity index (χ0) is 9.38. The summed E-state index contributed by atoms with van der Waals surface area (Å²) in [4.78, 5) is 9.02. The fourth-order valence-electron chi connectivity index (χ4n) is 1.99. The molecule has 74 valence electrons. The molecule has 1 aliphatic carbocycles. The highest BCUT2D eigenvalue weighted by Crippen LogP contribution is 2.35. The van der Waals surface area contributed by atoms with E-state index in [1.807, 2.05) is 6.20 Å². The summed E-state index contributed by atoms with van der Waals surface area (Å²) in [5.41, 5.74) is 1.27. The molecule has 1 N–H and O–H groups in total. The molecule has 2 fully saturated rings. The van der Waals surface area contributed by atoms with Gasteiger partial charge in [0.15, 0.2) is 0 Å². The molecule has 14 heavy (non-hydrogen) atoms. The first kappa shape index (κ1) is 8.36. The lowest BCUT2D eigenvalue weighted by molar-refractivity contribution is 0.398. The highest BCUT2D eigenvalue weighted by Gasteiger charge is 2.25. The molecule has 1 aromatic heterocycles. The van der Waals surface area contributed by atoms with Gasteiger partial charge in [0.05, 0.1) is 0 Å². The normalized spacial score (nSPS) is 22.9. The lowest BCUT2D eigenvalue weighted by Gasteiger charge is -2.28. The standard InChI is InChI=1S/C11H15N3/c1-2-8(3-1)10-4-5-13-11(14-10)9-6-12-7-9/h4-5,8-9,12H,1-3,6-7H2. The molecule has 3 rings (SSSR count). The molecular weight excluding hydrogens is 174 g/mol. The molecular formula is C11H15N3. The predicted molar refractivity (Wildman–Crippen MR) is 54.2 cm³/mol. The van der Waals surface area contributed by atoms with Crippen molar-refractivity contribution in [3.63, 3.8) is 0 Å². The topological polar surface area (TPSA) is 37.8 Å². The van der Waals surface area contributed by atoms with Gasteiger partial charge in [0.2, 0.25) is 0 Å². The SMILES string of the molecule is c1cc(C2CCC2)nc(C2CNC2)n1. The van der Waals surface area contributed by atoms with Crippen molar-refractivity contribution in [2.75, 3.05) is 13.1 Å². The smallest absolute Gasteiger partial charge is 0.134 e. The van der Waals surface area contributed by atoms with E-state index in [1.165, 1.54) is 25.0 Å². The maximum absolute atomic E-state index is 4.67. The third-order valence-electron chi connectivity index (χ3n) is 3.37. The minimum Gasteiger partial charge on any atom is -0.315 e. The van der Waals surface area contributed by atoms with Crippen LogP contribution in [0.15, 0.2) is 12.3 Å². The van der Waals surface area contributed by atoms with Gasteiger partial charge in [-0.15, -0.1) is 0 Å². The number of aromatic nitrogens is 2. The van der Waals surface area contributed by atoms with Gasteiger partial charge in [0, 0.05) is 36.8 Å². The van der Waals surface area contributed by atoms with E-state index in [4.69, 9.17) is 0 Å². The van der Waals surface area contributed by atoms with Crippen LogP contribution in [0.2, 0.25) is 0 Å². The first-order valence-electron chi connectivity index (χ1n) is 5.47. The fraction of sp³-hybridized carbons (Fsp3) is 0.636. The van der Waals surface area contributed by atoms with Crippen molar-refractivity contribution in [3.8, 4) is 0 Å². The van der Waals surface area contributed by atoms with Crippen LogP contribution >= 0.6 is 0 Å². The van der Waals surface area contributed by atoms with Crippen LogP contribution in [-0.4, -0.2) is 23.1 Å². The monoisotopic (exact) mass is 189 g/mol. The predicted octanol–water partition coefficient (Wildman–Crippen LogP) is 1.43. The van der Waals surface area contributed by atoms with Gasteiger partial charge in [0.1, 0.15) is 5.82 Å². The maximum atomic E-state index is 4.67. The summed E-state index contributed by atoms with van der Waals surface area (Å²) in [7, 11) is 0. The van der Waals surface area contributed by atoms with Crippen LogP contribution in [-0.2, 0) is 0 Å². The van der Waals surface area contributed by atoms with Crippen LogP contribution in [0.5, 0.6) is 0 Å². The molecule has 0 radical (unpaired) electrons. The molecule has 0 aromatic carbocycles. The van der Waals surface area contributed by atoms with Crippen LogP contribution in [0.4, 0.5) is 0 Å². The molecule has 3 nitrogen and oxygen atoms in total. The Labute approximate surface area is 84.0 Å². The van der Waals surface area contributed by atoms with E-state index in [9.17, 15) is 0 Å². The molecule has 1 saturated heterocycles. The molecule has 1 aromatic rings. The average molecular weight is 189 g/mol. The third kappa shape index (κ3) is 1.32. The Kier molecular flexibility index (Phi) is 1.98. The van der Waals surface area contributed by atoms with Gasteiger partial charge in [-0.3, -0.25) is 0 Å². The second-order valence-corrected chi connectivity index (χ2v) is 4.32. The Bertz CT molecular complexity index is 300. The van der Waals surface area contributed by atoms with Crippen molar-refractivity contribution >= 4 is 0 Å². The van der Waals surface area contributed by atoms with Gasteiger partial charge in [-0.25, -0.2) is 9.97 Å². The van der Waals surface area contributed by atoms with E-state index >= 15 is 0 Å². The van der Waals surface area contributed by atoms with Crippen LogP contribution in [0, 0.1) is 0 Å². The van der Waals surface area contributed by atoms with Gasteiger partial charge in [-0.2, -0.15) is 0 Å². The van der Waals surface area contributed by atoms with Gasteiger partial charge in [-0.1, -0.05) is 6.42 Å². The molecule has 2 aliphatic rings. The molecule has 3 heteroatoms. The van der Waals surface area contributed by atoms with E-state index in [1.54, 1.807) is 0 Å². The van der Waals surface area contributed by atoms with Gasteiger partial charge in [0.25, 0.3) is 0 Å². The van der Waals surface area contributed by atoms with E-state index < -0.39 is 0 Å². The van der Waals surface area contributed by atoms with Crippen molar-refractivity contribution < 1.29 is 0 Å². The summed E-state index contributed by atoms with van der Waals surface area (Å²) >= 11 is 0. The lowest BCUT2D eigenvalue weighted by Crippen LogP contribution is -2.41. The molecule has 1 saturated carbocycles. The Balaban J connectivity index is 1.82. The molecule has 0 spiro atoms. The van der Waals surface area contributed by atoms with Crippen LogP contribution < -0.4 is 5.32 Å². The summed E-state index contributed by atoms with van der Waals surface area (Å²) in [5, 5.41) is 3.26. The highest BCUT2D eigenvalue weighted by molar-refractivity contribution is 5.14. The van der Waals surface area contributed by atoms with Crippen LogP contribution in [0.25, 0.3) is 0 Å². The third-order valence-corrected chi connectivity index (χ3v) is 3.37. The van der Waals surface area contributed by atoms with Crippen molar-refractivity contribution in [3.05, 3.63) is 23.8 Å². The summed E-state index contributed by atoms with van der Waals surface area (Å²) in [6.07, 6.45) is 5.93. The average Bonchev–Trinajstić information content (AvgIpc) is 1.98. The first-order chi connectivity index (χ1) is 6.93. The Hall–Kier alpha value is -0.960. The lowest BCUT2D eigenvalue weighted by atomic mass is 9.83. The van der Waals surface area contributed by atoms with Crippen molar-refractivity contribution in [2.24, 2.45) is 0 Å².